The minimum atomic E-state index is -2.28. The summed E-state index contributed by atoms with van der Waals surface area (Å²) in [6.45, 7) is 1.59. The number of halogens is 3. The van der Waals surface area contributed by atoms with Crippen molar-refractivity contribution in [2.45, 2.75) is 10.7 Å². The maximum absolute atomic E-state index is 11.2. The Morgan fingerprint density at radius 2 is 1.93 bits per heavy atom. The minimum Gasteiger partial charge on any atom is -0.462 e. The fraction of sp³-hybridized carbons (Fsp3) is 0.429. The molecule has 0 fully saturated rings. The molecule has 0 bridgehead atoms. The standard InChI is InChI=1S/C7H6Cl3NO3/c1-2-14-6(13)4(3-11)5(12)7(8,9)10/h11H,2H2,1H3. The van der Waals surface area contributed by atoms with Gasteiger partial charge in [-0.3, -0.25) is 10.2 Å². The van der Waals surface area contributed by atoms with Gasteiger partial charge in [0.2, 0.25) is 5.78 Å². The van der Waals surface area contributed by atoms with E-state index in [2.05, 4.69) is 4.74 Å². The van der Waals surface area contributed by atoms with Crippen LogP contribution in [0.4, 0.5) is 0 Å². The number of hydrogen-bond acceptors (Lipinski definition) is 4. The number of nitrogens with one attached hydrogen (secondary N) is 1. The lowest BCUT2D eigenvalue weighted by molar-refractivity contribution is -0.139. The van der Waals surface area contributed by atoms with E-state index in [-0.39, 0.29) is 6.61 Å². The Morgan fingerprint density at radius 1 is 1.43 bits per heavy atom. The zero-order valence-corrected chi connectivity index (χ0v) is 9.33. The van der Waals surface area contributed by atoms with Crippen molar-refractivity contribution in [1.29, 1.82) is 5.41 Å². The summed E-state index contributed by atoms with van der Waals surface area (Å²) < 4.78 is 2.17. The Balaban J connectivity index is 4.87. The molecule has 0 aliphatic carbocycles. The van der Waals surface area contributed by atoms with E-state index in [4.69, 9.17) is 40.2 Å². The van der Waals surface area contributed by atoms with Crippen molar-refractivity contribution in [1.82, 2.24) is 0 Å². The molecule has 0 amide bonds. The molecule has 0 rings (SSSR count). The van der Waals surface area contributed by atoms with E-state index in [0.717, 1.165) is 0 Å². The molecule has 14 heavy (non-hydrogen) atoms. The second-order valence-corrected chi connectivity index (χ2v) is 4.33. The van der Waals surface area contributed by atoms with E-state index in [0.29, 0.717) is 0 Å². The number of rotatable bonds is 3. The lowest BCUT2D eigenvalue weighted by Crippen LogP contribution is -2.27. The molecule has 0 aromatic carbocycles. The average molecular weight is 258 g/mol. The molecule has 0 aliphatic rings. The molecule has 4 nitrogen and oxygen atoms in total. The van der Waals surface area contributed by atoms with Crippen LogP contribution in [0.25, 0.3) is 0 Å². The van der Waals surface area contributed by atoms with Crippen molar-refractivity contribution in [3.63, 3.8) is 0 Å². The lowest BCUT2D eigenvalue weighted by Gasteiger charge is -2.09. The van der Waals surface area contributed by atoms with Crippen molar-refractivity contribution in [2.24, 2.45) is 0 Å². The fourth-order valence-electron chi connectivity index (χ4n) is 0.545. The number of carbonyl (C=O) groups is 2. The number of carbonyl (C=O) groups excluding carboxylic acids is 2. The first-order valence-corrected chi connectivity index (χ1v) is 4.56. The Labute approximate surface area is 95.3 Å². The van der Waals surface area contributed by atoms with Gasteiger partial charge in [-0.15, -0.1) is 0 Å². The Morgan fingerprint density at radius 3 is 2.21 bits per heavy atom. The van der Waals surface area contributed by atoms with E-state index in [1.807, 2.05) is 0 Å². The van der Waals surface area contributed by atoms with Gasteiger partial charge in [-0.05, 0) is 12.8 Å². The Bertz CT molecular complexity index is 302. The normalized spacial score (nSPS) is 10.3. The highest BCUT2D eigenvalue weighted by atomic mass is 35.6. The van der Waals surface area contributed by atoms with E-state index < -0.39 is 21.1 Å². The summed E-state index contributed by atoms with van der Waals surface area (Å²) >= 11 is 15.7. The molecular weight excluding hydrogens is 252 g/mol. The molecule has 78 valence electrons. The molecule has 0 heterocycles. The molecule has 0 aliphatic heterocycles. The van der Waals surface area contributed by atoms with Gasteiger partial charge >= 0.3 is 5.97 Å². The topological polar surface area (TPSA) is 67.2 Å². The molecule has 0 saturated heterocycles. The van der Waals surface area contributed by atoms with Crippen molar-refractivity contribution in [2.75, 3.05) is 6.61 Å². The van der Waals surface area contributed by atoms with Crippen LogP contribution >= 0.6 is 34.8 Å². The number of Topliss-reactive ketones (excluding diaryl/α,β-unsaturated/α-hetero) is 1. The third kappa shape index (κ3) is 3.68. The van der Waals surface area contributed by atoms with Crippen LogP contribution in [-0.4, -0.2) is 28.0 Å². The summed E-state index contributed by atoms with van der Waals surface area (Å²) in [5.41, 5.74) is -0.716. The van der Waals surface area contributed by atoms with Crippen LogP contribution in [0.5, 0.6) is 0 Å². The molecular formula is C7H6Cl3NO3. The van der Waals surface area contributed by atoms with Crippen LogP contribution in [0.3, 0.4) is 0 Å². The third-order valence-corrected chi connectivity index (χ3v) is 1.60. The molecule has 0 spiro atoms. The van der Waals surface area contributed by atoms with Gasteiger partial charge in [0.1, 0.15) is 0 Å². The molecule has 1 N–H and O–H groups in total. The molecule has 0 unspecified atom stereocenters. The zero-order chi connectivity index (χ0) is 11.4. The van der Waals surface area contributed by atoms with Crippen LogP contribution in [0.2, 0.25) is 0 Å². The van der Waals surface area contributed by atoms with Gasteiger partial charge in [0.05, 0.1) is 6.61 Å². The van der Waals surface area contributed by atoms with Crippen LogP contribution < -0.4 is 0 Å². The second-order valence-electron chi connectivity index (χ2n) is 2.05. The van der Waals surface area contributed by atoms with Crippen molar-refractivity contribution >= 4 is 52.4 Å². The SMILES string of the molecule is CCOC(=O)C(=C=N)C(=O)C(Cl)(Cl)Cl. The highest BCUT2D eigenvalue weighted by Crippen LogP contribution is 2.29. The Kier molecular flexibility index (Phi) is 5.16. The zero-order valence-electron chi connectivity index (χ0n) is 7.07. The van der Waals surface area contributed by atoms with Crippen LogP contribution in [0, 0.1) is 5.41 Å². The molecule has 0 saturated carbocycles. The predicted molar refractivity (Wildman–Crippen MR) is 53.2 cm³/mol. The second kappa shape index (κ2) is 5.37. The van der Waals surface area contributed by atoms with E-state index in [9.17, 15) is 9.59 Å². The van der Waals surface area contributed by atoms with Crippen molar-refractivity contribution < 1.29 is 14.3 Å². The van der Waals surface area contributed by atoms with Gasteiger partial charge in [-0.25, -0.2) is 4.79 Å². The summed E-state index contributed by atoms with van der Waals surface area (Å²) in [6.07, 6.45) is 0. The molecule has 7 heteroatoms. The van der Waals surface area contributed by atoms with Gasteiger partial charge in [0.15, 0.2) is 5.57 Å². The third-order valence-electron chi connectivity index (χ3n) is 1.09. The minimum absolute atomic E-state index is 0.0527. The van der Waals surface area contributed by atoms with Crippen LogP contribution in [0.15, 0.2) is 5.57 Å². The quantitative estimate of drug-likeness (QED) is 0.209. The maximum atomic E-state index is 11.2. The van der Waals surface area contributed by atoms with Crippen LogP contribution in [-0.2, 0) is 14.3 Å². The number of alkyl halides is 3. The predicted octanol–water partition coefficient (Wildman–Crippen LogP) is 1.66. The molecule has 0 atom stereocenters. The fourth-order valence-corrected chi connectivity index (χ4v) is 0.829. The van der Waals surface area contributed by atoms with E-state index in [1.54, 1.807) is 12.8 Å². The number of esters is 1. The largest absolute Gasteiger partial charge is 0.462 e. The number of ketones is 1. The maximum Gasteiger partial charge on any atom is 0.351 e. The van der Waals surface area contributed by atoms with Gasteiger partial charge in [0.25, 0.3) is 3.79 Å². The Hall–Kier alpha value is -0.540. The van der Waals surface area contributed by atoms with Gasteiger partial charge in [-0.1, -0.05) is 34.8 Å². The average Bonchev–Trinajstić information content (AvgIpc) is 2.04. The number of ether oxygens (including phenoxy) is 1. The first-order valence-electron chi connectivity index (χ1n) is 3.43. The summed E-state index contributed by atoms with van der Waals surface area (Å²) in [5.74, 6) is -0.575. The summed E-state index contributed by atoms with van der Waals surface area (Å²) in [7, 11) is 0. The van der Waals surface area contributed by atoms with Crippen LogP contribution in [0.1, 0.15) is 6.92 Å². The highest BCUT2D eigenvalue weighted by Gasteiger charge is 2.37. The smallest absolute Gasteiger partial charge is 0.351 e. The first-order chi connectivity index (χ1) is 6.34. The first kappa shape index (κ1) is 13.5. The molecule has 0 aromatic heterocycles. The lowest BCUT2D eigenvalue weighted by atomic mass is 10.2. The summed E-state index contributed by atoms with van der Waals surface area (Å²) in [6, 6.07) is 0. The van der Waals surface area contributed by atoms with E-state index in [1.165, 1.54) is 0 Å². The van der Waals surface area contributed by atoms with Gasteiger partial charge in [-0.2, -0.15) is 0 Å². The van der Waals surface area contributed by atoms with Crippen molar-refractivity contribution in [3.8, 4) is 0 Å². The monoisotopic (exact) mass is 257 g/mol. The van der Waals surface area contributed by atoms with Crippen molar-refractivity contribution in [3.05, 3.63) is 5.57 Å². The molecule has 0 aromatic rings. The molecule has 0 radical (unpaired) electrons. The number of hydrogen-bond donors (Lipinski definition) is 1. The summed E-state index contributed by atoms with van der Waals surface area (Å²) in [4.78, 5) is 22.2. The van der Waals surface area contributed by atoms with Gasteiger partial charge in [0, 0.05) is 0 Å². The van der Waals surface area contributed by atoms with Gasteiger partial charge < -0.3 is 4.74 Å². The van der Waals surface area contributed by atoms with E-state index >= 15 is 0 Å². The summed E-state index contributed by atoms with van der Waals surface area (Å²) in [5, 5.41) is 6.69. The highest BCUT2D eigenvalue weighted by molar-refractivity contribution is 6.78.